The third-order valence-electron chi connectivity index (χ3n) is 3.96. The van der Waals surface area contributed by atoms with Crippen LogP contribution in [-0.2, 0) is 6.54 Å². The normalized spacial score (nSPS) is 19.6. The molecule has 102 valence electrons. The van der Waals surface area contributed by atoms with Gasteiger partial charge in [0.1, 0.15) is 11.8 Å². The number of methoxy groups -OCH3 is 1. The van der Waals surface area contributed by atoms with Crippen molar-refractivity contribution in [3.05, 3.63) is 29.3 Å². The highest BCUT2D eigenvalue weighted by Crippen LogP contribution is 2.27. The first kappa shape index (κ1) is 13.9. The summed E-state index contributed by atoms with van der Waals surface area (Å²) in [5.74, 6) is 1.38. The van der Waals surface area contributed by atoms with E-state index in [0.29, 0.717) is 23.3 Å². The zero-order chi connectivity index (χ0) is 13.8. The van der Waals surface area contributed by atoms with Crippen LogP contribution in [0.25, 0.3) is 0 Å². The van der Waals surface area contributed by atoms with Gasteiger partial charge in [0.25, 0.3) is 0 Å². The number of rotatable bonds is 4. The van der Waals surface area contributed by atoms with Crippen LogP contribution in [0.3, 0.4) is 0 Å². The van der Waals surface area contributed by atoms with Crippen molar-refractivity contribution in [1.82, 2.24) is 4.90 Å². The molecule has 0 N–H and O–H groups in total. The Balaban J connectivity index is 2.13. The highest BCUT2D eigenvalue weighted by atomic mass is 16.5. The maximum Gasteiger partial charge on any atom is 0.136 e. The summed E-state index contributed by atoms with van der Waals surface area (Å²) in [6.07, 6.45) is 2.58. The minimum absolute atomic E-state index is 0.605. The summed E-state index contributed by atoms with van der Waals surface area (Å²) in [7, 11) is 1.62. The molecule has 0 saturated carbocycles. The van der Waals surface area contributed by atoms with Gasteiger partial charge in [0.15, 0.2) is 0 Å². The Bertz CT molecular complexity index is 476. The zero-order valence-corrected chi connectivity index (χ0v) is 12.0. The Morgan fingerprint density at radius 2 is 2.26 bits per heavy atom. The number of likely N-dealkylation sites (tertiary alicyclic amines) is 1. The molecule has 1 fully saturated rings. The molecule has 1 aromatic carbocycles. The summed E-state index contributed by atoms with van der Waals surface area (Å²) >= 11 is 0. The van der Waals surface area contributed by atoms with Crippen molar-refractivity contribution in [2.24, 2.45) is 5.92 Å². The lowest BCUT2D eigenvalue weighted by atomic mass is 10.0. The van der Waals surface area contributed by atoms with Crippen LogP contribution >= 0.6 is 0 Å². The molecular weight excluding hydrogens is 236 g/mol. The maximum absolute atomic E-state index is 9.00. The van der Waals surface area contributed by atoms with E-state index in [9.17, 15) is 0 Å². The Kier molecular flexibility index (Phi) is 4.44. The first-order chi connectivity index (χ1) is 9.15. The largest absolute Gasteiger partial charge is 0.495 e. The fourth-order valence-corrected chi connectivity index (χ4v) is 2.96. The van der Waals surface area contributed by atoms with Gasteiger partial charge >= 0.3 is 0 Å². The van der Waals surface area contributed by atoms with Crippen molar-refractivity contribution in [3.63, 3.8) is 0 Å². The molecule has 1 atom stereocenters. The van der Waals surface area contributed by atoms with Gasteiger partial charge in [-0.1, -0.05) is 19.9 Å². The Hall–Kier alpha value is -1.53. The summed E-state index contributed by atoms with van der Waals surface area (Å²) in [6.45, 7) is 6.71. The molecule has 3 nitrogen and oxygen atoms in total. The van der Waals surface area contributed by atoms with Gasteiger partial charge in [0, 0.05) is 12.6 Å². The molecule has 1 aliphatic rings. The van der Waals surface area contributed by atoms with Gasteiger partial charge in [0.05, 0.1) is 12.7 Å². The second-order valence-electron chi connectivity index (χ2n) is 5.57. The Morgan fingerprint density at radius 1 is 1.47 bits per heavy atom. The molecule has 1 heterocycles. The molecule has 0 amide bonds. The number of nitrogens with zero attached hydrogens (tertiary/aromatic N) is 2. The number of benzene rings is 1. The van der Waals surface area contributed by atoms with E-state index < -0.39 is 0 Å². The zero-order valence-electron chi connectivity index (χ0n) is 12.0. The summed E-state index contributed by atoms with van der Waals surface area (Å²) in [6, 6.07) is 8.73. The van der Waals surface area contributed by atoms with Crippen molar-refractivity contribution in [2.75, 3.05) is 13.7 Å². The van der Waals surface area contributed by atoms with Crippen LogP contribution in [0.5, 0.6) is 5.75 Å². The van der Waals surface area contributed by atoms with Crippen LogP contribution in [0, 0.1) is 17.2 Å². The summed E-state index contributed by atoms with van der Waals surface area (Å²) < 4.78 is 5.27. The van der Waals surface area contributed by atoms with Gasteiger partial charge in [-0.3, -0.25) is 4.90 Å². The lowest BCUT2D eigenvalue weighted by molar-refractivity contribution is 0.198. The van der Waals surface area contributed by atoms with Gasteiger partial charge in [-0.05, 0) is 43.0 Å². The fraction of sp³-hybridized carbons (Fsp3) is 0.562. The molecule has 2 rings (SSSR count). The van der Waals surface area contributed by atoms with E-state index in [1.165, 1.54) is 24.9 Å². The van der Waals surface area contributed by atoms with Gasteiger partial charge < -0.3 is 4.74 Å². The maximum atomic E-state index is 9.00. The van der Waals surface area contributed by atoms with E-state index in [1.54, 1.807) is 7.11 Å². The van der Waals surface area contributed by atoms with Crippen molar-refractivity contribution < 1.29 is 4.74 Å². The van der Waals surface area contributed by atoms with E-state index in [1.807, 2.05) is 18.2 Å². The lowest BCUT2D eigenvalue weighted by Crippen LogP contribution is -2.32. The average Bonchev–Trinajstić information content (AvgIpc) is 2.87. The van der Waals surface area contributed by atoms with Gasteiger partial charge in [-0.15, -0.1) is 0 Å². The first-order valence-electron chi connectivity index (χ1n) is 6.96. The molecule has 1 aromatic rings. The Morgan fingerprint density at radius 3 is 2.89 bits per heavy atom. The standard InChI is InChI=1S/C16H22N2O/c1-12(2)15-5-4-8-18(15)11-13-6-7-14(10-17)16(9-13)19-3/h6-7,9,12,15H,4-5,8,11H2,1-3H3. The third-order valence-corrected chi connectivity index (χ3v) is 3.96. The topological polar surface area (TPSA) is 36.3 Å². The molecule has 0 aliphatic carbocycles. The smallest absolute Gasteiger partial charge is 0.136 e. The predicted octanol–water partition coefficient (Wildman–Crippen LogP) is 3.19. The minimum Gasteiger partial charge on any atom is -0.495 e. The predicted molar refractivity (Wildman–Crippen MR) is 76.0 cm³/mol. The number of hydrogen-bond acceptors (Lipinski definition) is 3. The molecule has 0 spiro atoms. The highest BCUT2D eigenvalue weighted by molar-refractivity contribution is 5.45. The molecule has 0 bridgehead atoms. The number of nitriles is 1. The SMILES string of the molecule is COc1cc(CN2CCCC2C(C)C)ccc1C#N. The molecule has 19 heavy (non-hydrogen) atoms. The molecule has 1 unspecified atom stereocenters. The third kappa shape index (κ3) is 3.08. The first-order valence-corrected chi connectivity index (χ1v) is 6.96. The molecule has 0 radical (unpaired) electrons. The highest BCUT2D eigenvalue weighted by Gasteiger charge is 2.26. The monoisotopic (exact) mass is 258 g/mol. The van der Waals surface area contributed by atoms with E-state index in [-0.39, 0.29) is 0 Å². The van der Waals surface area contributed by atoms with Crippen LogP contribution in [0.1, 0.15) is 37.8 Å². The van der Waals surface area contributed by atoms with Gasteiger partial charge in [-0.2, -0.15) is 5.26 Å². The van der Waals surface area contributed by atoms with Crippen molar-refractivity contribution in [2.45, 2.75) is 39.3 Å². The molecule has 0 aromatic heterocycles. The van der Waals surface area contributed by atoms with Crippen LogP contribution in [0.2, 0.25) is 0 Å². The Labute approximate surface area is 115 Å². The van der Waals surface area contributed by atoms with E-state index in [4.69, 9.17) is 10.00 Å². The second kappa shape index (κ2) is 6.08. The fourth-order valence-electron chi connectivity index (χ4n) is 2.96. The van der Waals surface area contributed by atoms with E-state index in [0.717, 1.165) is 6.54 Å². The summed E-state index contributed by atoms with van der Waals surface area (Å²) in [5.41, 5.74) is 1.83. The lowest BCUT2D eigenvalue weighted by Gasteiger charge is -2.27. The van der Waals surface area contributed by atoms with Crippen LogP contribution in [-0.4, -0.2) is 24.6 Å². The summed E-state index contributed by atoms with van der Waals surface area (Å²) in [5, 5.41) is 9.00. The second-order valence-corrected chi connectivity index (χ2v) is 5.57. The minimum atomic E-state index is 0.605. The van der Waals surface area contributed by atoms with E-state index >= 15 is 0 Å². The molecule has 1 saturated heterocycles. The number of hydrogen-bond donors (Lipinski definition) is 0. The van der Waals surface area contributed by atoms with Crippen LogP contribution in [0.4, 0.5) is 0 Å². The van der Waals surface area contributed by atoms with Crippen molar-refractivity contribution in [1.29, 1.82) is 5.26 Å². The van der Waals surface area contributed by atoms with Gasteiger partial charge in [0.2, 0.25) is 0 Å². The number of ether oxygens (including phenoxy) is 1. The molecule has 1 aliphatic heterocycles. The van der Waals surface area contributed by atoms with Crippen LogP contribution in [0.15, 0.2) is 18.2 Å². The average molecular weight is 258 g/mol. The van der Waals surface area contributed by atoms with E-state index in [2.05, 4.69) is 24.8 Å². The van der Waals surface area contributed by atoms with Crippen molar-refractivity contribution >= 4 is 0 Å². The molecule has 3 heteroatoms. The quantitative estimate of drug-likeness (QED) is 0.832. The van der Waals surface area contributed by atoms with Crippen LogP contribution < -0.4 is 4.74 Å². The summed E-state index contributed by atoms with van der Waals surface area (Å²) in [4.78, 5) is 2.55. The van der Waals surface area contributed by atoms with Gasteiger partial charge in [-0.25, -0.2) is 0 Å². The van der Waals surface area contributed by atoms with Crippen molar-refractivity contribution in [3.8, 4) is 11.8 Å². The molecular formula is C16H22N2O.